The van der Waals surface area contributed by atoms with E-state index in [-0.39, 0.29) is 18.9 Å². The number of amides is 4. The van der Waals surface area contributed by atoms with Crippen molar-refractivity contribution in [3.05, 3.63) is 60.3 Å². The highest BCUT2D eigenvalue weighted by atomic mass is 16.5. The van der Waals surface area contributed by atoms with Gasteiger partial charge in [0.1, 0.15) is 11.8 Å². The van der Waals surface area contributed by atoms with Crippen molar-refractivity contribution < 1.29 is 19.1 Å². The van der Waals surface area contributed by atoms with Crippen LogP contribution < -0.4 is 15.4 Å². The minimum absolute atomic E-state index is 0.0788. The number of rotatable bonds is 8. The standard InChI is InChI=1S/C25H28N4O4/c1-16(2)14-28-12-11-18-19(8-6-9-21(18)28)26-23(30)13-20-24(31)29(25(32)27-20)15-17-7-4-5-10-22(17)33-3/h4-12,16,20H,13-15H2,1-3H3,(H,26,30)(H,27,32)/t20-/m1/s1. The molecule has 0 radical (unpaired) electrons. The number of para-hydroxylation sites is 1. The second-order valence-corrected chi connectivity index (χ2v) is 8.59. The maximum absolute atomic E-state index is 12.8. The van der Waals surface area contributed by atoms with Gasteiger partial charge in [-0.05, 0) is 30.2 Å². The van der Waals surface area contributed by atoms with E-state index < -0.39 is 18.0 Å². The molecule has 172 valence electrons. The van der Waals surface area contributed by atoms with E-state index in [1.165, 1.54) is 7.11 Å². The van der Waals surface area contributed by atoms with E-state index >= 15 is 0 Å². The third-order valence-electron chi connectivity index (χ3n) is 5.67. The van der Waals surface area contributed by atoms with Gasteiger partial charge in [-0.3, -0.25) is 14.5 Å². The van der Waals surface area contributed by atoms with E-state index in [1.54, 1.807) is 12.1 Å². The Labute approximate surface area is 192 Å². The molecule has 1 aromatic heterocycles. The van der Waals surface area contributed by atoms with E-state index in [4.69, 9.17) is 4.74 Å². The smallest absolute Gasteiger partial charge is 0.325 e. The predicted molar refractivity (Wildman–Crippen MR) is 126 cm³/mol. The van der Waals surface area contributed by atoms with Gasteiger partial charge >= 0.3 is 6.03 Å². The van der Waals surface area contributed by atoms with Crippen LogP contribution in [0.5, 0.6) is 5.75 Å². The lowest BCUT2D eigenvalue weighted by molar-refractivity contribution is -0.130. The molecule has 1 atom stereocenters. The average molecular weight is 449 g/mol. The van der Waals surface area contributed by atoms with Gasteiger partial charge in [-0.25, -0.2) is 4.79 Å². The van der Waals surface area contributed by atoms with Crippen LogP contribution >= 0.6 is 0 Å². The van der Waals surface area contributed by atoms with Crippen LogP contribution in [0.25, 0.3) is 10.9 Å². The van der Waals surface area contributed by atoms with Crippen LogP contribution in [0, 0.1) is 5.92 Å². The van der Waals surface area contributed by atoms with Gasteiger partial charge in [0.05, 0.1) is 31.3 Å². The van der Waals surface area contributed by atoms with Gasteiger partial charge in [-0.1, -0.05) is 38.1 Å². The van der Waals surface area contributed by atoms with E-state index in [0.717, 1.165) is 22.3 Å². The molecule has 2 aromatic carbocycles. The molecule has 1 saturated heterocycles. The largest absolute Gasteiger partial charge is 0.496 e. The molecular weight excluding hydrogens is 420 g/mol. The van der Waals surface area contributed by atoms with Gasteiger partial charge in [0.2, 0.25) is 5.91 Å². The Kier molecular flexibility index (Phi) is 6.35. The number of nitrogens with zero attached hydrogens (tertiary/aromatic N) is 2. The molecule has 0 unspecified atom stereocenters. The first-order chi connectivity index (χ1) is 15.9. The highest BCUT2D eigenvalue weighted by Crippen LogP contribution is 2.26. The molecule has 4 rings (SSSR count). The number of hydrogen-bond acceptors (Lipinski definition) is 4. The lowest BCUT2D eigenvalue weighted by atomic mass is 10.1. The second kappa shape index (κ2) is 9.36. The van der Waals surface area contributed by atoms with E-state index in [2.05, 4.69) is 29.0 Å². The number of ether oxygens (including phenoxy) is 1. The lowest BCUT2D eigenvalue weighted by Gasteiger charge is -2.15. The zero-order valence-corrected chi connectivity index (χ0v) is 19.0. The summed E-state index contributed by atoms with van der Waals surface area (Å²) in [6, 6.07) is 13.5. The first-order valence-electron chi connectivity index (χ1n) is 11.0. The average Bonchev–Trinajstić information content (AvgIpc) is 3.30. The van der Waals surface area contributed by atoms with Gasteiger partial charge in [0.25, 0.3) is 5.91 Å². The van der Waals surface area contributed by atoms with Crippen LogP contribution in [-0.2, 0) is 22.7 Å². The van der Waals surface area contributed by atoms with Crippen LogP contribution in [0.1, 0.15) is 25.8 Å². The van der Waals surface area contributed by atoms with E-state index in [0.29, 0.717) is 22.9 Å². The van der Waals surface area contributed by atoms with Crippen molar-refractivity contribution in [3.63, 3.8) is 0 Å². The number of carbonyl (C=O) groups excluding carboxylic acids is 3. The minimum Gasteiger partial charge on any atom is -0.496 e. The monoisotopic (exact) mass is 448 g/mol. The number of imide groups is 1. The molecule has 2 heterocycles. The maximum Gasteiger partial charge on any atom is 0.325 e. The maximum atomic E-state index is 12.8. The SMILES string of the molecule is COc1ccccc1CN1C(=O)N[C@H](CC(=O)Nc2cccc3c2ccn3CC(C)C)C1=O. The number of urea groups is 1. The molecule has 2 N–H and O–H groups in total. The fourth-order valence-electron chi connectivity index (χ4n) is 4.14. The molecule has 0 bridgehead atoms. The fourth-order valence-corrected chi connectivity index (χ4v) is 4.14. The highest BCUT2D eigenvalue weighted by Gasteiger charge is 2.39. The molecule has 0 saturated carbocycles. The molecule has 8 heteroatoms. The summed E-state index contributed by atoms with van der Waals surface area (Å²) < 4.78 is 7.47. The minimum atomic E-state index is -0.906. The predicted octanol–water partition coefficient (Wildman–Crippen LogP) is 3.76. The van der Waals surface area contributed by atoms with Gasteiger partial charge in [0, 0.05) is 23.7 Å². The quantitative estimate of drug-likeness (QED) is 0.513. The first kappa shape index (κ1) is 22.4. The summed E-state index contributed by atoms with van der Waals surface area (Å²) in [5.74, 6) is 0.325. The third kappa shape index (κ3) is 4.69. The zero-order chi connectivity index (χ0) is 23.5. The Morgan fingerprint density at radius 2 is 1.91 bits per heavy atom. The van der Waals surface area contributed by atoms with Crippen molar-refractivity contribution in [1.29, 1.82) is 0 Å². The lowest BCUT2D eigenvalue weighted by Crippen LogP contribution is -2.34. The molecule has 0 spiro atoms. The van der Waals surface area contributed by atoms with Crippen molar-refractivity contribution in [3.8, 4) is 5.75 Å². The number of hydrogen-bond donors (Lipinski definition) is 2. The Hall–Kier alpha value is -3.81. The summed E-state index contributed by atoms with van der Waals surface area (Å²) in [4.78, 5) is 39.1. The molecule has 1 aliphatic rings. The molecular formula is C25H28N4O4. The summed E-state index contributed by atoms with van der Waals surface area (Å²) in [5.41, 5.74) is 2.43. The number of carbonyl (C=O) groups is 3. The van der Waals surface area contributed by atoms with Gasteiger partial charge < -0.3 is 19.9 Å². The normalized spacial score (nSPS) is 15.9. The summed E-state index contributed by atoms with van der Waals surface area (Å²) in [6.07, 6.45) is 1.87. The summed E-state index contributed by atoms with van der Waals surface area (Å²) in [5, 5.41) is 6.46. The van der Waals surface area contributed by atoms with Crippen LogP contribution in [0.3, 0.4) is 0 Å². The van der Waals surface area contributed by atoms with Crippen LogP contribution in [0.4, 0.5) is 10.5 Å². The topological polar surface area (TPSA) is 92.7 Å². The summed E-state index contributed by atoms with van der Waals surface area (Å²) in [6.45, 7) is 5.27. The van der Waals surface area contributed by atoms with E-state index in [9.17, 15) is 14.4 Å². The Balaban J connectivity index is 1.43. The molecule has 33 heavy (non-hydrogen) atoms. The summed E-state index contributed by atoms with van der Waals surface area (Å²) >= 11 is 0. The molecule has 8 nitrogen and oxygen atoms in total. The van der Waals surface area contributed by atoms with Crippen LogP contribution in [0.2, 0.25) is 0 Å². The number of fused-ring (bicyclic) bond motifs is 1. The number of nitrogens with one attached hydrogen (secondary N) is 2. The molecule has 0 aliphatic carbocycles. The van der Waals surface area contributed by atoms with E-state index in [1.807, 2.05) is 42.6 Å². The van der Waals surface area contributed by atoms with Gasteiger partial charge in [-0.15, -0.1) is 0 Å². The van der Waals surface area contributed by atoms with Crippen molar-refractivity contribution in [2.45, 2.75) is 39.4 Å². The van der Waals surface area contributed by atoms with Crippen molar-refractivity contribution in [2.24, 2.45) is 5.92 Å². The van der Waals surface area contributed by atoms with Crippen molar-refractivity contribution in [2.75, 3.05) is 12.4 Å². The van der Waals surface area contributed by atoms with Gasteiger partial charge in [-0.2, -0.15) is 0 Å². The molecule has 4 amide bonds. The van der Waals surface area contributed by atoms with Crippen molar-refractivity contribution >= 4 is 34.4 Å². The van der Waals surface area contributed by atoms with Crippen molar-refractivity contribution in [1.82, 2.24) is 14.8 Å². The Bertz CT molecular complexity index is 1200. The van der Waals surface area contributed by atoms with Crippen LogP contribution in [-0.4, -0.2) is 40.5 Å². The Morgan fingerprint density at radius 3 is 2.67 bits per heavy atom. The molecule has 3 aromatic rings. The molecule has 1 fully saturated rings. The molecule has 1 aliphatic heterocycles. The number of anilines is 1. The fraction of sp³-hybridized carbons (Fsp3) is 0.320. The highest BCUT2D eigenvalue weighted by molar-refractivity contribution is 6.08. The van der Waals surface area contributed by atoms with Crippen LogP contribution in [0.15, 0.2) is 54.7 Å². The van der Waals surface area contributed by atoms with Gasteiger partial charge in [0.15, 0.2) is 0 Å². The number of methoxy groups -OCH3 is 1. The second-order valence-electron chi connectivity index (χ2n) is 8.59. The summed E-state index contributed by atoms with van der Waals surface area (Å²) in [7, 11) is 1.54. The first-order valence-corrected chi connectivity index (χ1v) is 11.0. The zero-order valence-electron chi connectivity index (χ0n) is 19.0. The number of aromatic nitrogens is 1. The third-order valence-corrected chi connectivity index (χ3v) is 5.67. The number of benzene rings is 2. The Morgan fingerprint density at radius 1 is 1.12 bits per heavy atom.